The molecule has 5 nitrogen and oxygen atoms in total. The number of nitrogens with zero attached hydrogens (tertiary/aromatic N) is 1. The monoisotopic (exact) mass is 281 g/mol. The van der Waals surface area contributed by atoms with Gasteiger partial charge in [0.1, 0.15) is 6.04 Å². The van der Waals surface area contributed by atoms with Crippen molar-refractivity contribution in [2.45, 2.75) is 58.0 Å². The highest BCUT2D eigenvalue weighted by Crippen LogP contribution is 2.31. The minimum atomic E-state index is -0.339. The van der Waals surface area contributed by atoms with E-state index in [-0.39, 0.29) is 23.9 Å². The van der Waals surface area contributed by atoms with Crippen molar-refractivity contribution in [3.05, 3.63) is 0 Å². The summed E-state index contributed by atoms with van der Waals surface area (Å²) in [4.78, 5) is 26.2. The molecule has 2 rings (SSSR count). The molecule has 20 heavy (non-hydrogen) atoms. The van der Waals surface area contributed by atoms with Crippen molar-refractivity contribution in [1.29, 1.82) is 0 Å². The summed E-state index contributed by atoms with van der Waals surface area (Å²) in [5, 5.41) is 2.89. The van der Waals surface area contributed by atoms with Crippen LogP contribution >= 0.6 is 0 Å². The van der Waals surface area contributed by atoms with Gasteiger partial charge in [-0.3, -0.25) is 9.59 Å². The zero-order chi connectivity index (χ0) is 14.7. The molecule has 0 aromatic carbocycles. The fourth-order valence-electron chi connectivity index (χ4n) is 3.69. The van der Waals surface area contributed by atoms with Gasteiger partial charge in [-0.2, -0.15) is 0 Å². The molecule has 0 radical (unpaired) electrons. The van der Waals surface area contributed by atoms with Gasteiger partial charge >= 0.3 is 0 Å². The summed E-state index contributed by atoms with van der Waals surface area (Å²) in [7, 11) is 0. The highest BCUT2D eigenvalue weighted by molar-refractivity contribution is 5.87. The SMILES string of the molecule is CC(=O)NC(C(=O)N1CC(CN)CC1C)C1CCCC1. The first-order valence-corrected chi connectivity index (χ1v) is 7.80. The summed E-state index contributed by atoms with van der Waals surface area (Å²) in [5.74, 6) is 0.680. The Morgan fingerprint density at radius 1 is 1.35 bits per heavy atom. The molecule has 0 spiro atoms. The molecule has 1 heterocycles. The second kappa shape index (κ2) is 6.57. The van der Waals surface area contributed by atoms with Gasteiger partial charge in [0, 0.05) is 19.5 Å². The normalized spacial score (nSPS) is 28.6. The second-order valence-corrected chi connectivity index (χ2v) is 6.40. The third-order valence-electron chi connectivity index (χ3n) is 4.77. The molecule has 0 aromatic rings. The molecule has 1 saturated carbocycles. The van der Waals surface area contributed by atoms with Gasteiger partial charge in [-0.25, -0.2) is 0 Å². The first-order valence-electron chi connectivity index (χ1n) is 7.80. The minimum absolute atomic E-state index is 0.0931. The van der Waals surface area contributed by atoms with Gasteiger partial charge in [0.25, 0.3) is 0 Å². The molecule has 3 N–H and O–H groups in total. The molecular formula is C15H27N3O2. The highest BCUT2D eigenvalue weighted by atomic mass is 16.2. The minimum Gasteiger partial charge on any atom is -0.344 e. The number of hydrogen-bond donors (Lipinski definition) is 2. The Bertz CT molecular complexity index is 366. The van der Waals surface area contributed by atoms with Crippen molar-refractivity contribution in [3.8, 4) is 0 Å². The second-order valence-electron chi connectivity index (χ2n) is 6.40. The van der Waals surface area contributed by atoms with Crippen molar-refractivity contribution in [1.82, 2.24) is 10.2 Å². The summed E-state index contributed by atoms with van der Waals surface area (Å²) in [6.45, 7) is 4.93. The molecule has 3 unspecified atom stereocenters. The molecule has 5 heteroatoms. The lowest BCUT2D eigenvalue weighted by Crippen LogP contribution is -2.52. The van der Waals surface area contributed by atoms with Gasteiger partial charge in [0.15, 0.2) is 0 Å². The van der Waals surface area contributed by atoms with Gasteiger partial charge in [-0.05, 0) is 44.6 Å². The Hall–Kier alpha value is -1.10. The summed E-state index contributed by atoms with van der Waals surface area (Å²) >= 11 is 0. The number of carbonyl (C=O) groups excluding carboxylic acids is 2. The Balaban J connectivity index is 2.07. The molecule has 3 atom stereocenters. The van der Waals surface area contributed by atoms with Crippen LogP contribution in [0, 0.1) is 11.8 Å². The quantitative estimate of drug-likeness (QED) is 0.803. The molecule has 1 saturated heterocycles. The Morgan fingerprint density at radius 3 is 2.50 bits per heavy atom. The topological polar surface area (TPSA) is 75.4 Å². The van der Waals surface area contributed by atoms with Crippen molar-refractivity contribution < 1.29 is 9.59 Å². The van der Waals surface area contributed by atoms with Crippen LogP contribution in [0.2, 0.25) is 0 Å². The lowest BCUT2D eigenvalue weighted by molar-refractivity contribution is -0.138. The fourth-order valence-corrected chi connectivity index (χ4v) is 3.69. The van der Waals surface area contributed by atoms with Crippen LogP contribution in [0.15, 0.2) is 0 Å². The maximum Gasteiger partial charge on any atom is 0.245 e. The van der Waals surface area contributed by atoms with E-state index in [2.05, 4.69) is 12.2 Å². The number of likely N-dealkylation sites (tertiary alicyclic amines) is 1. The van der Waals surface area contributed by atoms with Crippen LogP contribution in [0.1, 0.15) is 46.0 Å². The van der Waals surface area contributed by atoms with Gasteiger partial charge < -0.3 is 16.0 Å². The number of hydrogen-bond acceptors (Lipinski definition) is 3. The third-order valence-corrected chi connectivity index (χ3v) is 4.77. The molecule has 1 aliphatic heterocycles. The summed E-state index contributed by atoms with van der Waals surface area (Å²) < 4.78 is 0. The number of carbonyl (C=O) groups is 2. The van der Waals surface area contributed by atoms with E-state index in [0.717, 1.165) is 38.6 Å². The first kappa shape index (κ1) is 15.3. The zero-order valence-corrected chi connectivity index (χ0v) is 12.6. The van der Waals surface area contributed by atoms with Crippen LogP contribution in [0.5, 0.6) is 0 Å². The fraction of sp³-hybridized carbons (Fsp3) is 0.867. The molecule has 2 fully saturated rings. The molecular weight excluding hydrogens is 254 g/mol. The lowest BCUT2D eigenvalue weighted by atomic mass is 9.96. The molecule has 0 bridgehead atoms. The average molecular weight is 281 g/mol. The Morgan fingerprint density at radius 2 is 2.00 bits per heavy atom. The van der Waals surface area contributed by atoms with Crippen LogP contribution < -0.4 is 11.1 Å². The van der Waals surface area contributed by atoms with Crippen molar-refractivity contribution in [2.24, 2.45) is 17.6 Å². The Kier molecular flexibility index (Phi) is 5.02. The van der Waals surface area contributed by atoms with E-state index in [1.807, 2.05) is 4.90 Å². The van der Waals surface area contributed by atoms with E-state index in [4.69, 9.17) is 5.73 Å². The maximum atomic E-state index is 12.8. The van der Waals surface area contributed by atoms with Crippen molar-refractivity contribution in [3.63, 3.8) is 0 Å². The standard InChI is InChI=1S/C15H27N3O2/c1-10-7-12(8-16)9-18(10)15(20)14(17-11(2)19)13-5-3-4-6-13/h10,12-14H,3-9,16H2,1-2H3,(H,17,19). The first-order chi connectivity index (χ1) is 9.52. The Labute approximate surface area is 121 Å². The smallest absolute Gasteiger partial charge is 0.245 e. The van der Waals surface area contributed by atoms with Crippen LogP contribution in [0.3, 0.4) is 0 Å². The number of nitrogens with two attached hydrogens (primary N) is 1. The summed E-state index contributed by atoms with van der Waals surface area (Å²) in [6.07, 6.45) is 5.38. The third kappa shape index (κ3) is 3.32. The largest absolute Gasteiger partial charge is 0.344 e. The highest BCUT2D eigenvalue weighted by Gasteiger charge is 2.39. The van der Waals surface area contributed by atoms with Crippen LogP contribution in [0.4, 0.5) is 0 Å². The molecule has 1 aliphatic carbocycles. The van der Waals surface area contributed by atoms with Gasteiger partial charge in [0.05, 0.1) is 0 Å². The number of amides is 2. The van der Waals surface area contributed by atoms with Crippen molar-refractivity contribution >= 4 is 11.8 Å². The predicted octanol–water partition coefficient (Wildman–Crippen LogP) is 0.877. The molecule has 2 aliphatic rings. The van der Waals surface area contributed by atoms with Crippen LogP contribution in [-0.2, 0) is 9.59 Å². The van der Waals surface area contributed by atoms with Gasteiger partial charge in [-0.1, -0.05) is 12.8 Å². The van der Waals surface area contributed by atoms with Crippen LogP contribution in [-0.4, -0.2) is 41.9 Å². The molecule has 2 amide bonds. The molecule has 0 aromatic heterocycles. The number of nitrogens with one attached hydrogen (secondary N) is 1. The van der Waals surface area contributed by atoms with E-state index in [9.17, 15) is 9.59 Å². The van der Waals surface area contributed by atoms with E-state index in [1.54, 1.807) is 0 Å². The number of rotatable bonds is 4. The summed E-state index contributed by atoms with van der Waals surface area (Å²) in [6, 6.07) is -0.109. The van der Waals surface area contributed by atoms with E-state index >= 15 is 0 Å². The molecule has 114 valence electrons. The van der Waals surface area contributed by atoms with Crippen LogP contribution in [0.25, 0.3) is 0 Å². The van der Waals surface area contributed by atoms with E-state index in [1.165, 1.54) is 6.92 Å². The summed E-state index contributed by atoms with van der Waals surface area (Å²) in [5.41, 5.74) is 5.73. The zero-order valence-electron chi connectivity index (χ0n) is 12.6. The lowest BCUT2D eigenvalue weighted by Gasteiger charge is -2.30. The van der Waals surface area contributed by atoms with Gasteiger partial charge in [0.2, 0.25) is 11.8 Å². The van der Waals surface area contributed by atoms with Crippen molar-refractivity contribution in [2.75, 3.05) is 13.1 Å². The van der Waals surface area contributed by atoms with E-state index < -0.39 is 0 Å². The maximum absolute atomic E-state index is 12.8. The van der Waals surface area contributed by atoms with E-state index in [0.29, 0.717) is 18.4 Å². The van der Waals surface area contributed by atoms with Gasteiger partial charge in [-0.15, -0.1) is 0 Å². The predicted molar refractivity (Wildman–Crippen MR) is 77.9 cm³/mol. The average Bonchev–Trinajstić information content (AvgIpc) is 3.04.